The number of benzene rings is 2. The van der Waals surface area contributed by atoms with Gasteiger partial charge in [0.15, 0.2) is 5.76 Å². The zero-order chi connectivity index (χ0) is 21.0. The van der Waals surface area contributed by atoms with Gasteiger partial charge in [0, 0.05) is 24.5 Å². The Morgan fingerprint density at radius 3 is 2.37 bits per heavy atom. The van der Waals surface area contributed by atoms with Crippen LogP contribution in [0.15, 0.2) is 65.3 Å². The average molecular weight is 447 g/mol. The van der Waals surface area contributed by atoms with E-state index in [4.69, 9.17) is 9.47 Å². The number of sulfonamides is 1. The Morgan fingerprint density at radius 2 is 1.67 bits per heavy atom. The summed E-state index contributed by atoms with van der Waals surface area (Å²) in [6, 6.07) is 15.8. The van der Waals surface area contributed by atoms with Crippen molar-refractivity contribution in [2.24, 2.45) is 0 Å². The number of morpholine rings is 1. The van der Waals surface area contributed by atoms with Gasteiger partial charge in [0.25, 0.3) is 5.91 Å². The first-order valence-corrected chi connectivity index (χ1v) is 12.0. The molecule has 2 aromatic rings. The molecule has 0 saturated carbocycles. The van der Waals surface area contributed by atoms with Crippen LogP contribution in [0.1, 0.15) is 5.56 Å². The summed E-state index contributed by atoms with van der Waals surface area (Å²) in [7, 11) is -3.57. The highest BCUT2D eigenvalue weighted by molar-refractivity contribution is 8.08. The first-order chi connectivity index (χ1) is 14.6. The van der Waals surface area contributed by atoms with Crippen LogP contribution in [0.3, 0.4) is 0 Å². The Labute approximate surface area is 180 Å². The van der Waals surface area contributed by atoms with Crippen molar-refractivity contribution < 1.29 is 22.7 Å². The quantitative estimate of drug-likeness (QED) is 0.760. The molecule has 2 heterocycles. The van der Waals surface area contributed by atoms with Crippen LogP contribution in [0.4, 0.5) is 5.69 Å². The van der Waals surface area contributed by atoms with E-state index in [1.165, 1.54) is 16.4 Å². The number of thioether (sulfide) groups is 1. The zero-order valence-corrected chi connectivity index (χ0v) is 17.9. The Kier molecular flexibility index (Phi) is 6.43. The molecule has 0 aliphatic carbocycles. The van der Waals surface area contributed by atoms with E-state index in [2.05, 4.69) is 5.32 Å². The molecule has 2 aliphatic rings. The molecule has 1 N–H and O–H groups in total. The number of carbonyl (C=O) groups excluding carboxylic acids is 1. The molecule has 0 radical (unpaired) electrons. The number of anilines is 1. The van der Waals surface area contributed by atoms with Gasteiger partial charge in [-0.1, -0.05) is 30.3 Å². The molecule has 30 heavy (non-hydrogen) atoms. The molecule has 9 heteroatoms. The van der Waals surface area contributed by atoms with Gasteiger partial charge in [-0.3, -0.25) is 4.79 Å². The third kappa shape index (κ3) is 4.54. The fraction of sp³-hybridized carbons (Fsp3) is 0.286. The Balaban J connectivity index is 1.51. The standard InChI is InChI=1S/C21H22N2O5S2/c24-21(19-20(29-15-14-28-19)16-4-2-1-3-5-16)22-17-6-8-18(9-7-17)30(25,26)23-10-12-27-13-11-23/h1-9H,10-15H2,(H,22,24). The largest absolute Gasteiger partial charge is 0.486 e. The predicted molar refractivity (Wildman–Crippen MR) is 116 cm³/mol. The maximum atomic E-state index is 12.8. The van der Waals surface area contributed by atoms with Crippen LogP contribution >= 0.6 is 11.8 Å². The molecule has 4 rings (SSSR count). The summed E-state index contributed by atoms with van der Waals surface area (Å²) >= 11 is 1.58. The Hall–Kier alpha value is -2.33. The van der Waals surface area contributed by atoms with Gasteiger partial charge in [-0.25, -0.2) is 8.42 Å². The molecule has 0 atom stereocenters. The summed E-state index contributed by atoms with van der Waals surface area (Å²) in [5, 5.41) is 2.81. The number of nitrogens with one attached hydrogen (secondary N) is 1. The van der Waals surface area contributed by atoms with E-state index in [0.29, 0.717) is 38.6 Å². The molecule has 2 aromatic carbocycles. The fourth-order valence-corrected chi connectivity index (χ4v) is 5.59. The highest BCUT2D eigenvalue weighted by Crippen LogP contribution is 2.35. The third-order valence-electron chi connectivity index (χ3n) is 4.74. The van der Waals surface area contributed by atoms with Crippen LogP contribution in [-0.4, -0.2) is 57.3 Å². The topological polar surface area (TPSA) is 84.9 Å². The Bertz CT molecular complexity index is 1030. The van der Waals surface area contributed by atoms with Crippen molar-refractivity contribution in [3.63, 3.8) is 0 Å². The first-order valence-electron chi connectivity index (χ1n) is 9.60. The summed E-state index contributed by atoms with van der Waals surface area (Å²) in [6.07, 6.45) is 0. The number of ether oxygens (including phenoxy) is 2. The van der Waals surface area contributed by atoms with Crippen molar-refractivity contribution in [3.8, 4) is 0 Å². The summed E-state index contributed by atoms with van der Waals surface area (Å²) in [6.45, 7) is 1.92. The van der Waals surface area contributed by atoms with Gasteiger partial charge in [-0.15, -0.1) is 11.8 Å². The molecule has 7 nitrogen and oxygen atoms in total. The molecule has 0 bridgehead atoms. The van der Waals surface area contributed by atoms with E-state index in [-0.39, 0.29) is 16.6 Å². The molecule has 1 fully saturated rings. The van der Waals surface area contributed by atoms with Crippen LogP contribution in [0, 0.1) is 0 Å². The molecule has 2 aliphatic heterocycles. The number of hydrogen-bond donors (Lipinski definition) is 1. The van der Waals surface area contributed by atoms with Crippen molar-refractivity contribution >= 4 is 38.3 Å². The van der Waals surface area contributed by atoms with Gasteiger partial charge in [-0.05, 0) is 29.8 Å². The van der Waals surface area contributed by atoms with E-state index >= 15 is 0 Å². The maximum absolute atomic E-state index is 12.8. The van der Waals surface area contributed by atoms with E-state index in [1.54, 1.807) is 23.9 Å². The van der Waals surface area contributed by atoms with Crippen LogP contribution < -0.4 is 5.32 Å². The van der Waals surface area contributed by atoms with Crippen molar-refractivity contribution in [2.45, 2.75) is 4.90 Å². The number of nitrogens with zero attached hydrogens (tertiary/aromatic N) is 1. The molecule has 0 unspecified atom stereocenters. The highest BCUT2D eigenvalue weighted by Gasteiger charge is 2.27. The van der Waals surface area contributed by atoms with Gasteiger partial charge in [0.2, 0.25) is 10.0 Å². The van der Waals surface area contributed by atoms with Crippen LogP contribution in [0.5, 0.6) is 0 Å². The Morgan fingerprint density at radius 1 is 0.967 bits per heavy atom. The van der Waals surface area contributed by atoms with Gasteiger partial charge >= 0.3 is 0 Å². The van der Waals surface area contributed by atoms with Crippen molar-refractivity contribution in [2.75, 3.05) is 44.0 Å². The van der Waals surface area contributed by atoms with Crippen molar-refractivity contribution in [1.29, 1.82) is 0 Å². The lowest BCUT2D eigenvalue weighted by Crippen LogP contribution is -2.40. The fourth-order valence-electron chi connectivity index (χ4n) is 3.23. The predicted octanol–water partition coefficient (Wildman–Crippen LogP) is 2.78. The second kappa shape index (κ2) is 9.22. The minimum atomic E-state index is -3.57. The summed E-state index contributed by atoms with van der Waals surface area (Å²) in [4.78, 5) is 13.8. The number of amides is 1. The van der Waals surface area contributed by atoms with Crippen LogP contribution in [0.2, 0.25) is 0 Å². The second-order valence-electron chi connectivity index (χ2n) is 6.72. The summed E-state index contributed by atoms with van der Waals surface area (Å²) < 4.78 is 37.7. The monoisotopic (exact) mass is 446 g/mol. The van der Waals surface area contributed by atoms with Crippen LogP contribution in [-0.2, 0) is 24.3 Å². The molecular weight excluding hydrogens is 424 g/mol. The molecule has 0 aromatic heterocycles. The van der Waals surface area contributed by atoms with Gasteiger partial charge < -0.3 is 14.8 Å². The van der Waals surface area contributed by atoms with Gasteiger partial charge in [-0.2, -0.15) is 4.31 Å². The summed E-state index contributed by atoms with van der Waals surface area (Å²) in [5.41, 5.74) is 1.43. The normalized spacial score (nSPS) is 18.0. The lowest BCUT2D eigenvalue weighted by atomic mass is 10.2. The maximum Gasteiger partial charge on any atom is 0.291 e. The van der Waals surface area contributed by atoms with Crippen molar-refractivity contribution in [1.82, 2.24) is 4.31 Å². The van der Waals surface area contributed by atoms with E-state index in [1.807, 2.05) is 30.3 Å². The van der Waals surface area contributed by atoms with Gasteiger partial charge in [0.1, 0.15) is 0 Å². The van der Waals surface area contributed by atoms with Crippen LogP contribution in [0.25, 0.3) is 4.91 Å². The smallest absolute Gasteiger partial charge is 0.291 e. The molecule has 1 saturated heterocycles. The number of hydrogen-bond acceptors (Lipinski definition) is 6. The SMILES string of the molecule is O=C(Nc1ccc(S(=O)(=O)N2CCOCC2)cc1)C1=C(c2ccccc2)SCCO1. The third-order valence-corrected chi connectivity index (χ3v) is 7.74. The summed E-state index contributed by atoms with van der Waals surface area (Å²) in [5.74, 6) is 0.696. The molecule has 1 amide bonds. The van der Waals surface area contributed by atoms with E-state index in [0.717, 1.165) is 16.2 Å². The zero-order valence-electron chi connectivity index (χ0n) is 16.2. The minimum absolute atomic E-state index is 0.191. The first kappa shape index (κ1) is 20.9. The van der Waals surface area contributed by atoms with E-state index in [9.17, 15) is 13.2 Å². The second-order valence-corrected chi connectivity index (χ2v) is 9.76. The molecule has 158 valence electrons. The minimum Gasteiger partial charge on any atom is -0.486 e. The lowest BCUT2D eigenvalue weighted by molar-refractivity contribution is -0.115. The number of carbonyl (C=O) groups is 1. The average Bonchev–Trinajstić information content (AvgIpc) is 2.80. The van der Waals surface area contributed by atoms with E-state index < -0.39 is 10.0 Å². The van der Waals surface area contributed by atoms with Crippen molar-refractivity contribution in [3.05, 3.63) is 65.9 Å². The number of rotatable bonds is 5. The highest BCUT2D eigenvalue weighted by atomic mass is 32.2. The molecular formula is C21H22N2O5S2. The lowest BCUT2D eigenvalue weighted by Gasteiger charge is -2.26. The molecule has 0 spiro atoms. The van der Waals surface area contributed by atoms with Gasteiger partial charge in [0.05, 0.1) is 29.6 Å².